The van der Waals surface area contributed by atoms with Gasteiger partial charge in [0.15, 0.2) is 0 Å². The van der Waals surface area contributed by atoms with E-state index in [2.05, 4.69) is 5.32 Å². The molecule has 0 unspecified atom stereocenters. The van der Waals surface area contributed by atoms with Crippen molar-refractivity contribution in [1.29, 1.82) is 0 Å². The fourth-order valence-corrected chi connectivity index (χ4v) is 3.03. The van der Waals surface area contributed by atoms with E-state index in [0.29, 0.717) is 12.3 Å². The predicted molar refractivity (Wildman–Crippen MR) is 108 cm³/mol. The maximum absolute atomic E-state index is 12.4. The van der Waals surface area contributed by atoms with Crippen molar-refractivity contribution in [1.82, 2.24) is 5.32 Å². The molecule has 8 heteroatoms. The number of carbonyl (C=O) groups excluding carboxylic acids is 1. The molecule has 146 valence electrons. The van der Waals surface area contributed by atoms with E-state index in [9.17, 15) is 13.2 Å². The van der Waals surface area contributed by atoms with E-state index in [4.69, 9.17) is 16.3 Å². The number of sulfonamides is 1. The van der Waals surface area contributed by atoms with Crippen molar-refractivity contribution in [3.05, 3.63) is 58.6 Å². The highest BCUT2D eigenvalue weighted by Gasteiger charge is 2.17. The summed E-state index contributed by atoms with van der Waals surface area (Å²) in [5.41, 5.74) is 1.79. The van der Waals surface area contributed by atoms with Gasteiger partial charge in [0.2, 0.25) is 10.0 Å². The second kappa shape index (κ2) is 8.63. The number of rotatable bonds is 7. The number of nitrogens with zero attached hydrogens (tertiary/aromatic N) is 1. The number of halogens is 1. The third-order valence-electron chi connectivity index (χ3n) is 3.96. The van der Waals surface area contributed by atoms with E-state index >= 15 is 0 Å². The van der Waals surface area contributed by atoms with Gasteiger partial charge in [0, 0.05) is 7.05 Å². The molecule has 0 spiro atoms. The van der Waals surface area contributed by atoms with Crippen molar-refractivity contribution in [3.63, 3.8) is 0 Å². The zero-order chi connectivity index (χ0) is 20.2. The molecule has 2 aromatic rings. The summed E-state index contributed by atoms with van der Waals surface area (Å²) in [6.45, 7) is 4.13. The van der Waals surface area contributed by atoms with Crippen molar-refractivity contribution in [2.45, 2.75) is 19.9 Å². The van der Waals surface area contributed by atoms with Crippen LogP contribution in [0.25, 0.3) is 0 Å². The normalized spacial score (nSPS) is 12.3. The SMILES string of the molecule is Cc1ccc(OC[C@H](C)NC(=O)c2ccc(N(C)S(C)(=O)=O)cc2Cl)cc1. The van der Waals surface area contributed by atoms with Crippen molar-refractivity contribution in [2.75, 3.05) is 24.2 Å². The number of carbonyl (C=O) groups is 1. The smallest absolute Gasteiger partial charge is 0.253 e. The number of anilines is 1. The van der Waals surface area contributed by atoms with Crippen LogP contribution in [-0.2, 0) is 10.0 Å². The van der Waals surface area contributed by atoms with Gasteiger partial charge in [-0.1, -0.05) is 29.3 Å². The monoisotopic (exact) mass is 410 g/mol. The minimum absolute atomic E-state index is 0.173. The summed E-state index contributed by atoms with van der Waals surface area (Å²) in [5, 5.41) is 2.99. The lowest BCUT2D eigenvalue weighted by Gasteiger charge is -2.18. The van der Waals surface area contributed by atoms with Crippen molar-refractivity contribution in [2.24, 2.45) is 0 Å². The van der Waals surface area contributed by atoms with Crippen LogP contribution >= 0.6 is 11.6 Å². The van der Waals surface area contributed by atoms with Crippen LogP contribution in [0.2, 0.25) is 5.02 Å². The van der Waals surface area contributed by atoms with E-state index in [1.165, 1.54) is 25.2 Å². The van der Waals surface area contributed by atoms with Gasteiger partial charge < -0.3 is 10.1 Å². The fourth-order valence-electron chi connectivity index (χ4n) is 2.27. The number of hydrogen-bond acceptors (Lipinski definition) is 4. The summed E-state index contributed by atoms with van der Waals surface area (Å²) in [6.07, 6.45) is 1.09. The number of nitrogens with one attached hydrogen (secondary N) is 1. The molecule has 0 fully saturated rings. The number of aryl methyl sites for hydroxylation is 1. The summed E-state index contributed by atoms with van der Waals surface area (Å²) in [6, 6.07) is 11.9. The Morgan fingerprint density at radius 2 is 1.85 bits per heavy atom. The largest absolute Gasteiger partial charge is 0.491 e. The Kier molecular flexibility index (Phi) is 6.73. The summed E-state index contributed by atoms with van der Waals surface area (Å²) in [5.74, 6) is 0.376. The van der Waals surface area contributed by atoms with Crippen LogP contribution in [0.1, 0.15) is 22.8 Å². The second-order valence-corrected chi connectivity index (χ2v) is 8.81. The molecule has 0 heterocycles. The minimum atomic E-state index is -3.40. The van der Waals surface area contributed by atoms with Crippen molar-refractivity contribution >= 4 is 33.2 Å². The summed E-state index contributed by atoms with van der Waals surface area (Å²) in [7, 11) is -1.98. The fraction of sp³-hybridized carbons (Fsp3) is 0.316. The number of benzene rings is 2. The molecule has 1 atom stereocenters. The molecule has 1 amide bonds. The Morgan fingerprint density at radius 3 is 2.41 bits per heavy atom. The Bertz CT molecular complexity index is 914. The molecule has 0 saturated heterocycles. The van der Waals surface area contributed by atoms with E-state index < -0.39 is 10.0 Å². The highest BCUT2D eigenvalue weighted by Crippen LogP contribution is 2.24. The van der Waals surface area contributed by atoms with Gasteiger partial charge in [0.1, 0.15) is 12.4 Å². The Morgan fingerprint density at radius 1 is 1.22 bits per heavy atom. The summed E-state index contributed by atoms with van der Waals surface area (Å²) >= 11 is 6.18. The molecule has 0 saturated carbocycles. The van der Waals surface area contributed by atoms with Gasteiger partial charge in [-0.15, -0.1) is 0 Å². The first-order chi connectivity index (χ1) is 12.6. The minimum Gasteiger partial charge on any atom is -0.491 e. The average Bonchev–Trinajstić information content (AvgIpc) is 2.59. The molecule has 0 aliphatic heterocycles. The van der Waals surface area contributed by atoms with Crippen LogP contribution in [0.4, 0.5) is 5.69 Å². The number of ether oxygens (including phenoxy) is 1. The standard InChI is InChI=1S/C19H23ClN2O4S/c1-13-5-8-16(9-6-13)26-12-14(2)21-19(23)17-10-7-15(11-18(17)20)22(3)27(4,24)25/h5-11,14H,12H2,1-4H3,(H,21,23)/t14-/m0/s1. The highest BCUT2D eigenvalue weighted by molar-refractivity contribution is 7.92. The van der Waals surface area contributed by atoms with E-state index in [1.54, 1.807) is 0 Å². The first-order valence-corrected chi connectivity index (χ1v) is 10.5. The third-order valence-corrected chi connectivity index (χ3v) is 5.48. The summed E-state index contributed by atoms with van der Waals surface area (Å²) in [4.78, 5) is 12.4. The van der Waals surface area contributed by atoms with Gasteiger partial charge in [-0.05, 0) is 44.2 Å². The maximum Gasteiger partial charge on any atom is 0.253 e. The molecule has 1 N–H and O–H groups in total. The van der Waals surface area contributed by atoms with Crippen LogP contribution in [0.15, 0.2) is 42.5 Å². The van der Waals surface area contributed by atoms with Gasteiger partial charge in [0.25, 0.3) is 5.91 Å². The van der Waals surface area contributed by atoms with Gasteiger partial charge in [0.05, 0.1) is 28.6 Å². The van der Waals surface area contributed by atoms with Crippen molar-refractivity contribution < 1.29 is 17.9 Å². The number of hydrogen-bond donors (Lipinski definition) is 1. The lowest BCUT2D eigenvalue weighted by atomic mass is 10.2. The van der Waals surface area contributed by atoms with E-state index in [0.717, 1.165) is 21.9 Å². The lowest BCUT2D eigenvalue weighted by molar-refractivity contribution is 0.0927. The molecule has 6 nitrogen and oxygen atoms in total. The maximum atomic E-state index is 12.4. The molecular weight excluding hydrogens is 388 g/mol. The zero-order valence-electron chi connectivity index (χ0n) is 15.7. The van der Waals surface area contributed by atoms with E-state index in [1.807, 2.05) is 38.1 Å². The molecule has 0 aromatic heterocycles. The highest BCUT2D eigenvalue weighted by atomic mass is 35.5. The molecule has 0 bridgehead atoms. The van der Waals surface area contributed by atoms with Gasteiger partial charge in [-0.2, -0.15) is 0 Å². The molecule has 2 aromatic carbocycles. The van der Waals surface area contributed by atoms with Crippen LogP contribution < -0.4 is 14.4 Å². The molecule has 27 heavy (non-hydrogen) atoms. The van der Waals surface area contributed by atoms with Gasteiger partial charge in [-0.3, -0.25) is 9.10 Å². The van der Waals surface area contributed by atoms with Crippen LogP contribution in [0.5, 0.6) is 5.75 Å². The first kappa shape index (κ1) is 21.1. The number of amides is 1. The molecular formula is C19H23ClN2O4S. The topological polar surface area (TPSA) is 75.7 Å². The Balaban J connectivity index is 1.99. The predicted octanol–water partition coefficient (Wildman–Crippen LogP) is 3.24. The molecule has 2 rings (SSSR count). The lowest BCUT2D eigenvalue weighted by Crippen LogP contribution is -2.37. The Hall–Kier alpha value is -2.25. The summed E-state index contributed by atoms with van der Waals surface area (Å²) < 4.78 is 30.0. The van der Waals surface area contributed by atoms with Crippen LogP contribution in [-0.4, -0.2) is 40.3 Å². The third kappa shape index (κ3) is 5.87. The van der Waals surface area contributed by atoms with Gasteiger partial charge >= 0.3 is 0 Å². The molecule has 0 aliphatic carbocycles. The van der Waals surface area contributed by atoms with E-state index in [-0.39, 0.29) is 22.5 Å². The Labute approximate surface area is 165 Å². The zero-order valence-corrected chi connectivity index (χ0v) is 17.3. The first-order valence-electron chi connectivity index (χ1n) is 8.31. The average molecular weight is 411 g/mol. The van der Waals surface area contributed by atoms with Crippen LogP contribution in [0.3, 0.4) is 0 Å². The van der Waals surface area contributed by atoms with Crippen molar-refractivity contribution in [3.8, 4) is 5.75 Å². The van der Waals surface area contributed by atoms with Gasteiger partial charge in [-0.25, -0.2) is 8.42 Å². The second-order valence-electron chi connectivity index (χ2n) is 6.39. The molecule has 0 aliphatic rings. The van der Waals surface area contributed by atoms with Crippen LogP contribution in [0, 0.1) is 6.92 Å². The molecule has 0 radical (unpaired) electrons. The quantitative estimate of drug-likeness (QED) is 0.760.